The average molecular weight is 490 g/mol. The number of allylic oxidation sites excluding steroid dienone is 5. The van der Waals surface area contributed by atoms with Crippen molar-refractivity contribution in [2.24, 2.45) is 0 Å². The maximum Gasteiger partial charge on any atom is -1.00 e. The van der Waals surface area contributed by atoms with Crippen molar-refractivity contribution in [1.82, 2.24) is 0 Å². The SMILES string of the molecule is CP(C)C1=Cc2ccccc2[CH]1[Hf+2][C]1=CC=CC1.[Cl-].[Cl-]. The zero-order valence-corrected chi connectivity index (χ0v) is 17.6. The second kappa shape index (κ2) is 8.08. The molecular weight excluding hydrogens is 473 g/mol. The van der Waals surface area contributed by atoms with Gasteiger partial charge in [-0.3, -0.25) is 0 Å². The fourth-order valence-electron chi connectivity index (χ4n) is 2.59. The summed E-state index contributed by atoms with van der Waals surface area (Å²) in [6, 6.07) is 9.03. The van der Waals surface area contributed by atoms with E-state index in [2.05, 4.69) is 61.9 Å². The van der Waals surface area contributed by atoms with Crippen LogP contribution in [0.2, 0.25) is 0 Å². The molecule has 1 aromatic rings. The Bertz CT molecular complexity index is 561. The van der Waals surface area contributed by atoms with Crippen LogP contribution in [0.15, 0.2) is 51.1 Å². The van der Waals surface area contributed by atoms with E-state index in [4.69, 9.17) is 0 Å². The Balaban J connectivity index is 0.000001000. The molecule has 0 nitrogen and oxygen atoms in total. The van der Waals surface area contributed by atoms with Gasteiger partial charge in [-0.25, -0.2) is 0 Å². The molecule has 0 aliphatic heterocycles. The van der Waals surface area contributed by atoms with Crippen molar-refractivity contribution >= 4 is 14.0 Å². The topological polar surface area (TPSA) is 0 Å². The molecule has 4 heteroatoms. The second-order valence-electron chi connectivity index (χ2n) is 4.99. The van der Waals surface area contributed by atoms with E-state index in [1.165, 1.54) is 12.0 Å². The Morgan fingerprint density at radius 3 is 2.55 bits per heavy atom. The van der Waals surface area contributed by atoms with E-state index in [0.717, 1.165) is 3.67 Å². The zero-order valence-electron chi connectivity index (χ0n) is 11.6. The molecule has 0 saturated heterocycles. The number of benzene rings is 1. The fourth-order valence-corrected chi connectivity index (χ4v) is 12.2. The number of fused-ring (bicyclic) bond motifs is 1. The Labute approximate surface area is 146 Å². The molecule has 1 atom stereocenters. The first-order chi connectivity index (χ1) is 8.75. The molecule has 0 fully saturated rings. The summed E-state index contributed by atoms with van der Waals surface area (Å²) in [4.78, 5) is 0. The van der Waals surface area contributed by atoms with Crippen molar-refractivity contribution < 1.29 is 47.7 Å². The van der Waals surface area contributed by atoms with Gasteiger partial charge in [0.2, 0.25) is 0 Å². The predicted octanol–water partition coefficient (Wildman–Crippen LogP) is -1.24. The molecule has 0 aromatic heterocycles. The number of rotatable bonds is 3. The Hall–Kier alpha value is 0.320. The maximum absolute atomic E-state index is 2.49. The van der Waals surface area contributed by atoms with Gasteiger partial charge >= 0.3 is 123 Å². The van der Waals surface area contributed by atoms with Crippen molar-refractivity contribution in [3.8, 4) is 0 Å². The summed E-state index contributed by atoms with van der Waals surface area (Å²) in [5.74, 6) is 0. The third kappa shape index (κ3) is 3.74. The van der Waals surface area contributed by atoms with Crippen LogP contribution < -0.4 is 24.8 Å². The summed E-state index contributed by atoms with van der Waals surface area (Å²) >= 11 is -0.745. The van der Waals surface area contributed by atoms with Crippen LogP contribution in [-0.2, 0) is 22.9 Å². The molecule has 2 aliphatic carbocycles. The van der Waals surface area contributed by atoms with E-state index >= 15 is 0 Å². The van der Waals surface area contributed by atoms with E-state index in [0.29, 0.717) is 0 Å². The normalized spacial score (nSPS) is 18.6. The maximum atomic E-state index is 2.49. The van der Waals surface area contributed by atoms with Crippen molar-refractivity contribution in [2.45, 2.75) is 10.1 Å². The minimum Gasteiger partial charge on any atom is -1.00 e. The van der Waals surface area contributed by atoms with Gasteiger partial charge in [-0.15, -0.1) is 0 Å². The molecule has 0 saturated carbocycles. The minimum atomic E-state index is -0.745. The molecule has 20 heavy (non-hydrogen) atoms. The van der Waals surface area contributed by atoms with E-state index in [-0.39, 0.29) is 32.7 Å². The van der Waals surface area contributed by atoms with Gasteiger partial charge in [-0.2, -0.15) is 0 Å². The molecular formula is C16H17Cl2HfP. The first kappa shape index (κ1) is 18.4. The summed E-state index contributed by atoms with van der Waals surface area (Å²) in [6.45, 7) is 4.81. The van der Waals surface area contributed by atoms with E-state index < -0.39 is 22.9 Å². The van der Waals surface area contributed by atoms with Gasteiger partial charge in [-0.05, 0) is 0 Å². The standard InChI is InChI=1S/C11H12P.C5H5.2ClH.Hf/c1-12(2)11-7-9-5-3-4-6-10(9)8-11;1-2-4-5-3-1;;;/h3-8H,1-2H3;1-3H,4H2;2*1H;/q;;;;+2/p-2. The molecule has 0 spiro atoms. The quantitative estimate of drug-likeness (QED) is 0.368. The molecule has 1 unspecified atom stereocenters. The van der Waals surface area contributed by atoms with Gasteiger partial charge in [0.25, 0.3) is 0 Å². The molecule has 0 radical (unpaired) electrons. The van der Waals surface area contributed by atoms with Crippen molar-refractivity contribution in [1.29, 1.82) is 0 Å². The predicted molar refractivity (Wildman–Crippen MR) is 77.8 cm³/mol. The van der Waals surface area contributed by atoms with Crippen molar-refractivity contribution in [3.05, 3.63) is 62.3 Å². The van der Waals surface area contributed by atoms with Crippen molar-refractivity contribution in [2.75, 3.05) is 13.3 Å². The van der Waals surface area contributed by atoms with Crippen LogP contribution in [0.1, 0.15) is 21.2 Å². The van der Waals surface area contributed by atoms with Crippen LogP contribution >= 0.6 is 7.92 Å². The van der Waals surface area contributed by atoms with Gasteiger partial charge in [0.1, 0.15) is 0 Å². The second-order valence-corrected chi connectivity index (χ2v) is 12.7. The fraction of sp³-hybridized carbons (Fsp3) is 0.250. The Morgan fingerprint density at radius 1 is 1.15 bits per heavy atom. The Morgan fingerprint density at radius 2 is 1.90 bits per heavy atom. The summed E-state index contributed by atoms with van der Waals surface area (Å²) in [5, 5.41) is 1.75. The number of halogens is 2. The van der Waals surface area contributed by atoms with Crippen LogP contribution in [0.5, 0.6) is 0 Å². The van der Waals surface area contributed by atoms with Crippen LogP contribution in [0.25, 0.3) is 6.08 Å². The van der Waals surface area contributed by atoms with Gasteiger partial charge in [0.15, 0.2) is 0 Å². The smallest absolute Gasteiger partial charge is 1.00 e. The number of hydrogen-bond donors (Lipinski definition) is 0. The molecule has 1 aromatic carbocycles. The molecule has 0 bridgehead atoms. The van der Waals surface area contributed by atoms with E-state index in [9.17, 15) is 0 Å². The monoisotopic (exact) mass is 490 g/mol. The third-order valence-corrected chi connectivity index (χ3v) is 11.8. The van der Waals surface area contributed by atoms with Crippen LogP contribution in [0, 0.1) is 0 Å². The zero-order chi connectivity index (χ0) is 12.5. The summed E-state index contributed by atoms with van der Waals surface area (Å²) in [6.07, 6.45) is 10.7. The summed E-state index contributed by atoms with van der Waals surface area (Å²) < 4.78 is 2.60. The molecule has 0 heterocycles. The van der Waals surface area contributed by atoms with Gasteiger partial charge in [0, 0.05) is 0 Å². The Kier molecular flexibility index (Phi) is 7.43. The first-order valence-electron chi connectivity index (χ1n) is 6.36. The number of hydrogen-bond acceptors (Lipinski definition) is 0. The van der Waals surface area contributed by atoms with Gasteiger partial charge in [0.05, 0.1) is 0 Å². The average Bonchev–Trinajstić information content (AvgIpc) is 2.98. The van der Waals surface area contributed by atoms with Crippen LogP contribution in [0.3, 0.4) is 0 Å². The molecule has 0 amide bonds. The van der Waals surface area contributed by atoms with Gasteiger partial charge < -0.3 is 24.8 Å². The van der Waals surface area contributed by atoms with Crippen LogP contribution in [0.4, 0.5) is 0 Å². The first-order valence-corrected chi connectivity index (χ1v) is 12.5. The molecule has 2 aliphatic rings. The molecule has 104 valence electrons. The summed E-state index contributed by atoms with van der Waals surface area (Å²) in [7, 11) is 0.0546. The molecule has 0 N–H and O–H groups in total. The molecule has 3 rings (SSSR count). The van der Waals surface area contributed by atoms with E-state index in [1.54, 1.807) is 14.2 Å². The third-order valence-electron chi connectivity index (χ3n) is 3.52. The summed E-state index contributed by atoms with van der Waals surface area (Å²) in [5.41, 5.74) is 3.12. The van der Waals surface area contributed by atoms with Gasteiger partial charge in [-0.1, -0.05) is 0 Å². The van der Waals surface area contributed by atoms with Crippen molar-refractivity contribution in [3.63, 3.8) is 0 Å². The minimum absolute atomic E-state index is 0. The van der Waals surface area contributed by atoms with E-state index in [1.807, 2.05) is 0 Å². The largest absolute Gasteiger partial charge is 1.00 e. The van der Waals surface area contributed by atoms with Crippen LogP contribution in [-0.4, -0.2) is 13.3 Å².